The van der Waals surface area contributed by atoms with Crippen LogP contribution in [0.4, 0.5) is 19.0 Å². The van der Waals surface area contributed by atoms with Gasteiger partial charge in [-0.1, -0.05) is 0 Å². The van der Waals surface area contributed by atoms with Crippen molar-refractivity contribution < 1.29 is 17.9 Å². The van der Waals surface area contributed by atoms with Crippen LogP contribution < -0.4 is 5.32 Å². The Kier molecular flexibility index (Phi) is 4.15. The van der Waals surface area contributed by atoms with Gasteiger partial charge in [-0.2, -0.15) is 13.2 Å². The molecule has 8 heteroatoms. The molecule has 0 aromatic carbocycles. The molecule has 0 bridgehead atoms. The minimum atomic E-state index is -4.54. The van der Waals surface area contributed by atoms with Crippen molar-refractivity contribution in [2.45, 2.75) is 37.6 Å². The first-order valence-corrected chi connectivity index (χ1v) is 6.19. The summed E-state index contributed by atoms with van der Waals surface area (Å²) in [7, 11) is 1.58. The van der Waals surface area contributed by atoms with Crippen molar-refractivity contribution in [2.24, 2.45) is 0 Å². The Hall–Kier alpha value is -1.08. The molecule has 1 heterocycles. The van der Waals surface area contributed by atoms with E-state index in [0.717, 1.165) is 25.3 Å². The molecule has 4 nitrogen and oxygen atoms in total. The van der Waals surface area contributed by atoms with E-state index < -0.39 is 17.2 Å². The average molecular weight is 296 g/mol. The standard InChI is InChI=1S/C11H13ClF3N3O/c1-19-7-4-2-3-6(7)16-9-5-8(11(13,14)15)17-10(12)18-9/h5-7H,2-4H2,1H3,(H,16,17,18). The zero-order chi connectivity index (χ0) is 14.0. The van der Waals surface area contributed by atoms with Gasteiger partial charge in [-0.25, -0.2) is 9.97 Å². The lowest BCUT2D eigenvalue weighted by molar-refractivity contribution is -0.141. The van der Waals surface area contributed by atoms with Crippen LogP contribution in [-0.4, -0.2) is 29.2 Å². The zero-order valence-corrected chi connectivity index (χ0v) is 10.9. The maximum atomic E-state index is 12.6. The van der Waals surface area contributed by atoms with Gasteiger partial charge in [0.1, 0.15) is 5.82 Å². The quantitative estimate of drug-likeness (QED) is 0.870. The topological polar surface area (TPSA) is 47.0 Å². The highest BCUT2D eigenvalue weighted by molar-refractivity contribution is 6.28. The van der Waals surface area contributed by atoms with Gasteiger partial charge in [-0.05, 0) is 30.9 Å². The van der Waals surface area contributed by atoms with Crippen molar-refractivity contribution in [3.8, 4) is 0 Å². The van der Waals surface area contributed by atoms with Gasteiger partial charge in [-0.15, -0.1) is 0 Å². The summed E-state index contributed by atoms with van der Waals surface area (Å²) < 4.78 is 43.1. The molecular weight excluding hydrogens is 283 g/mol. The van der Waals surface area contributed by atoms with E-state index in [-0.39, 0.29) is 18.0 Å². The molecule has 2 unspecified atom stereocenters. The number of nitrogens with one attached hydrogen (secondary N) is 1. The van der Waals surface area contributed by atoms with Crippen LogP contribution in [0.15, 0.2) is 6.07 Å². The van der Waals surface area contributed by atoms with Gasteiger partial charge in [0, 0.05) is 13.2 Å². The first-order valence-electron chi connectivity index (χ1n) is 5.81. The summed E-state index contributed by atoms with van der Waals surface area (Å²) in [4.78, 5) is 6.94. The third-order valence-corrected chi connectivity index (χ3v) is 3.25. The molecule has 19 heavy (non-hydrogen) atoms. The van der Waals surface area contributed by atoms with Crippen LogP contribution in [0.1, 0.15) is 25.0 Å². The molecule has 1 saturated carbocycles. The molecule has 1 fully saturated rings. The number of hydrogen-bond donors (Lipinski definition) is 1. The number of rotatable bonds is 3. The highest BCUT2D eigenvalue weighted by atomic mass is 35.5. The second-order valence-corrected chi connectivity index (χ2v) is 4.70. The van der Waals surface area contributed by atoms with Crippen molar-refractivity contribution in [1.82, 2.24) is 9.97 Å². The first-order chi connectivity index (χ1) is 8.90. The van der Waals surface area contributed by atoms with Crippen molar-refractivity contribution in [3.63, 3.8) is 0 Å². The third kappa shape index (κ3) is 3.48. The number of methoxy groups -OCH3 is 1. The summed E-state index contributed by atoms with van der Waals surface area (Å²) in [5.41, 5.74) is -1.05. The summed E-state index contributed by atoms with van der Waals surface area (Å²) in [6.45, 7) is 0. The van der Waals surface area contributed by atoms with Crippen LogP contribution in [0.5, 0.6) is 0 Å². The van der Waals surface area contributed by atoms with Crippen LogP contribution >= 0.6 is 11.6 Å². The molecule has 1 aliphatic carbocycles. The number of halogens is 4. The van der Waals surface area contributed by atoms with Crippen LogP contribution in [0.2, 0.25) is 5.28 Å². The van der Waals surface area contributed by atoms with Crippen LogP contribution in [-0.2, 0) is 10.9 Å². The predicted molar refractivity (Wildman–Crippen MR) is 64.1 cm³/mol. The molecule has 0 amide bonds. The van der Waals surface area contributed by atoms with E-state index in [2.05, 4.69) is 15.3 Å². The molecule has 1 aliphatic rings. The van der Waals surface area contributed by atoms with Crippen molar-refractivity contribution in [1.29, 1.82) is 0 Å². The van der Waals surface area contributed by atoms with Crippen LogP contribution in [0.3, 0.4) is 0 Å². The molecule has 0 aliphatic heterocycles. The highest BCUT2D eigenvalue weighted by Crippen LogP contribution is 2.31. The fourth-order valence-electron chi connectivity index (χ4n) is 2.20. The minimum Gasteiger partial charge on any atom is -0.379 e. The summed E-state index contributed by atoms with van der Waals surface area (Å²) >= 11 is 5.52. The molecule has 106 valence electrons. The molecule has 1 aromatic rings. The van der Waals surface area contributed by atoms with Crippen molar-refractivity contribution in [2.75, 3.05) is 12.4 Å². The van der Waals surface area contributed by atoms with Gasteiger partial charge < -0.3 is 10.1 Å². The normalized spacial score (nSPS) is 23.6. The van der Waals surface area contributed by atoms with E-state index >= 15 is 0 Å². The average Bonchev–Trinajstić information content (AvgIpc) is 2.74. The Balaban J connectivity index is 2.18. The second-order valence-electron chi connectivity index (χ2n) is 4.36. The van der Waals surface area contributed by atoms with Gasteiger partial charge in [0.25, 0.3) is 0 Å². The lowest BCUT2D eigenvalue weighted by Crippen LogP contribution is -2.30. The Morgan fingerprint density at radius 3 is 2.74 bits per heavy atom. The van der Waals surface area contributed by atoms with Gasteiger partial charge in [0.05, 0.1) is 12.1 Å². The van der Waals surface area contributed by atoms with Crippen molar-refractivity contribution in [3.05, 3.63) is 17.0 Å². The Morgan fingerprint density at radius 2 is 2.11 bits per heavy atom. The number of nitrogens with zero attached hydrogens (tertiary/aromatic N) is 2. The minimum absolute atomic E-state index is 0.0249. The molecule has 0 radical (unpaired) electrons. The Morgan fingerprint density at radius 1 is 1.37 bits per heavy atom. The third-order valence-electron chi connectivity index (χ3n) is 3.08. The molecule has 1 aromatic heterocycles. The molecule has 2 rings (SSSR count). The fraction of sp³-hybridized carbons (Fsp3) is 0.636. The van der Waals surface area contributed by atoms with E-state index in [1.54, 1.807) is 7.11 Å². The molecule has 0 spiro atoms. The van der Waals surface area contributed by atoms with Crippen molar-refractivity contribution >= 4 is 17.4 Å². The first kappa shape index (κ1) is 14.3. The lowest BCUT2D eigenvalue weighted by Gasteiger charge is -2.20. The summed E-state index contributed by atoms with van der Waals surface area (Å²) in [6, 6.07) is 0.800. The number of aromatic nitrogens is 2. The molecule has 0 saturated heterocycles. The predicted octanol–water partition coefficient (Wildman–Crippen LogP) is 3.13. The van der Waals surface area contributed by atoms with E-state index in [4.69, 9.17) is 16.3 Å². The maximum absolute atomic E-state index is 12.6. The van der Waals surface area contributed by atoms with Crippen LogP contribution in [0.25, 0.3) is 0 Å². The molecule has 2 atom stereocenters. The Bertz CT molecular complexity index is 455. The van der Waals surface area contributed by atoms with Crippen LogP contribution in [0, 0.1) is 0 Å². The number of anilines is 1. The van der Waals surface area contributed by atoms with E-state index in [1.165, 1.54) is 0 Å². The summed E-state index contributed by atoms with van der Waals surface area (Å²) in [5, 5.41) is 2.51. The number of alkyl halides is 3. The second kappa shape index (κ2) is 5.50. The van der Waals surface area contributed by atoms with E-state index in [9.17, 15) is 13.2 Å². The smallest absolute Gasteiger partial charge is 0.379 e. The zero-order valence-electron chi connectivity index (χ0n) is 10.2. The highest BCUT2D eigenvalue weighted by Gasteiger charge is 2.34. The van der Waals surface area contributed by atoms with Gasteiger partial charge in [0.15, 0.2) is 5.69 Å². The number of hydrogen-bond acceptors (Lipinski definition) is 4. The maximum Gasteiger partial charge on any atom is 0.433 e. The Labute approximate surface area is 113 Å². The largest absolute Gasteiger partial charge is 0.433 e. The van der Waals surface area contributed by atoms with E-state index in [0.29, 0.717) is 0 Å². The lowest BCUT2D eigenvalue weighted by atomic mass is 10.2. The van der Waals surface area contributed by atoms with E-state index in [1.807, 2.05) is 0 Å². The summed E-state index contributed by atoms with van der Waals surface area (Å²) in [5.74, 6) is 0.0706. The van der Waals surface area contributed by atoms with Gasteiger partial charge in [-0.3, -0.25) is 0 Å². The fourth-order valence-corrected chi connectivity index (χ4v) is 2.38. The van der Waals surface area contributed by atoms with Gasteiger partial charge in [0.2, 0.25) is 5.28 Å². The number of ether oxygens (including phenoxy) is 1. The summed E-state index contributed by atoms with van der Waals surface area (Å²) in [6.07, 6.45) is -1.91. The monoisotopic (exact) mass is 295 g/mol. The SMILES string of the molecule is COC1CCCC1Nc1cc(C(F)(F)F)nc(Cl)n1. The van der Waals surface area contributed by atoms with Gasteiger partial charge >= 0.3 is 6.18 Å². The molecular formula is C11H13ClF3N3O. The molecule has 1 N–H and O–H groups in total.